The van der Waals surface area contributed by atoms with Crippen LogP contribution < -0.4 is 9.64 Å². The number of carbonyl (C=O) groups excluding carboxylic acids is 1. The fourth-order valence-electron chi connectivity index (χ4n) is 6.13. The topological polar surface area (TPSA) is 96.0 Å². The van der Waals surface area contributed by atoms with Crippen LogP contribution >= 0.6 is 0 Å². The maximum absolute atomic E-state index is 13.2. The van der Waals surface area contributed by atoms with Crippen molar-refractivity contribution in [3.63, 3.8) is 0 Å². The summed E-state index contributed by atoms with van der Waals surface area (Å²) in [5.74, 6) is 1.71. The average molecular weight is 533 g/mol. The summed E-state index contributed by atoms with van der Waals surface area (Å²) in [5.41, 5.74) is 6.14. The maximum Gasteiger partial charge on any atom is 0.254 e. The molecule has 2 bridgehead atoms. The molecule has 4 aliphatic heterocycles. The summed E-state index contributed by atoms with van der Waals surface area (Å²) in [5, 5.41) is 14.2. The third-order valence-electron chi connectivity index (χ3n) is 8.21. The molecule has 3 saturated heterocycles. The molecule has 1 amide bonds. The highest BCUT2D eigenvalue weighted by Gasteiger charge is 2.47. The Morgan fingerprint density at radius 3 is 2.60 bits per heavy atom. The van der Waals surface area contributed by atoms with Crippen molar-refractivity contribution >= 4 is 22.8 Å². The second-order valence-electron chi connectivity index (χ2n) is 10.5. The number of nitrogens with zero attached hydrogens (tertiary/aromatic N) is 6. The average Bonchev–Trinajstić information content (AvgIpc) is 3.44. The zero-order valence-electron chi connectivity index (χ0n) is 22.2. The minimum absolute atomic E-state index is 0.0736. The molecule has 4 aliphatic rings. The number of benzene rings is 1. The highest BCUT2D eigenvalue weighted by Crippen LogP contribution is 2.37. The molecule has 2 unspecified atom stereocenters. The van der Waals surface area contributed by atoms with Gasteiger partial charge in [0, 0.05) is 42.2 Å². The first kappa shape index (κ1) is 24.4. The van der Waals surface area contributed by atoms with Crippen LogP contribution in [0.15, 0.2) is 67.1 Å². The van der Waals surface area contributed by atoms with Gasteiger partial charge in [-0.25, -0.2) is 9.50 Å². The van der Waals surface area contributed by atoms with Crippen LogP contribution in [0.1, 0.15) is 34.3 Å². The smallest absolute Gasteiger partial charge is 0.254 e. The van der Waals surface area contributed by atoms with Crippen molar-refractivity contribution < 1.29 is 14.3 Å². The molecule has 40 heavy (non-hydrogen) atoms. The maximum atomic E-state index is 13.2. The number of pyridine rings is 2. The highest BCUT2D eigenvalue weighted by atomic mass is 16.5. The van der Waals surface area contributed by atoms with E-state index in [9.17, 15) is 10.1 Å². The zero-order valence-corrected chi connectivity index (χ0v) is 22.2. The SMILES string of the molecule is COc1ccc(C(=O)N2C3CC2CN(c2ccc(-c4cc(C5=CCOCC5)cn5ncc(C#N)c45)cn2)C3)cc1. The van der Waals surface area contributed by atoms with Gasteiger partial charge in [-0.05, 0) is 66.4 Å². The van der Waals surface area contributed by atoms with Crippen molar-refractivity contribution in [2.45, 2.75) is 24.9 Å². The Balaban J connectivity index is 1.13. The summed E-state index contributed by atoms with van der Waals surface area (Å²) < 4.78 is 12.5. The number of nitriles is 1. The predicted octanol–water partition coefficient (Wildman–Crippen LogP) is 4.18. The molecule has 0 spiro atoms. The molecule has 0 aliphatic carbocycles. The summed E-state index contributed by atoms with van der Waals surface area (Å²) in [4.78, 5) is 22.3. The Hall–Kier alpha value is -4.68. The summed E-state index contributed by atoms with van der Waals surface area (Å²) in [7, 11) is 1.62. The molecule has 200 valence electrons. The van der Waals surface area contributed by atoms with Gasteiger partial charge in [0.2, 0.25) is 0 Å². The van der Waals surface area contributed by atoms with E-state index in [1.165, 1.54) is 5.57 Å². The largest absolute Gasteiger partial charge is 0.497 e. The third kappa shape index (κ3) is 4.08. The number of methoxy groups -OCH3 is 1. The summed E-state index contributed by atoms with van der Waals surface area (Å²) in [6, 6.07) is 16.2. The molecule has 8 rings (SSSR count). The molecule has 4 aromatic rings. The molecule has 7 heterocycles. The Morgan fingerprint density at radius 2 is 1.93 bits per heavy atom. The Kier molecular flexibility index (Phi) is 5.98. The molecule has 9 nitrogen and oxygen atoms in total. The number of piperidine rings is 1. The normalized spacial score (nSPS) is 20.1. The second-order valence-corrected chi connectivity index (χ2v) is 10.5. The van der Waals surface area contributed by atoms with Crippen LogP contribution in [0.25, 0.3) is 22.2 Å². The third-order valence-corrected chi connectivity index (χ3v) is 8.21. The zero-order chi connectivity index (χ0) is 27.2. The van der Waals surface area contributed by atoms with Gasteiger partial charge in [-0.2, -0.15) is 10.4 Å². The minimum Gasteiger partial charge on any atom is -0.497 e. The molecule has 3 aromatic heterocycles. The standard InChI is InChI=1S/C31H28N6O3/c1-39-27-5-2-21(3-6-27)31(38)37-25-13-26(37)19-35(18-25)29-7-4-22(15-33-29)28-12-23(20-8-10-40-11-9-20)17-36-30(28)24(14-32)16-34-36/h2-8,12,15-17,25-26H,9-11,13,18-19H2,1H3. The summed E-state index contributed by atoms with van der Waals surface area (Å²) in [6.07, 6.45) is 9.43. The highest BCUT2D eigenvalue weighted by molar-refractivity contribution is 5.95. The Labute approximate surface area is 231 Å². The molecule has 0 N–H and O–H groups in total. The van der Waals surface area contributed by atoms with Gasteiger partial charge in [0.25, 0.3) is 5.91 Å². The lowest BCUT2D eigenvalue weighted by atomic mass is 9.86. The fourth-order valence-corrected chi connectivity index (χ4v) is 6.13. The quantitative estimate of drug-likeness (QED) is 0.380. The molecule has 2 atom stereocenters. The Bertz CT molecular complexity index is 1660. The molecule has 9 heteroatoms. The first-order valence-corrected chi connectivity index (χ1v) is 13.5. The summed E-state index contributed by atoms with van der Waals surface area (Å²) in [6.45, 7) is 2.80. The lowest BCUT2D eigenvalue weighted by molar-refractivity contribution is 0.00576. The molecular weight excluding hydrogens is 504 g/mol. The van der Waals surface area contributed by atoms with Gasteiger partial charge in [-0.15, -0.1) is 0 Å². The lowest BCUT2D eigenvalue weighted by Gasteiger charge is -2.56. The number of carbonyl (C=O) groups is 1. The number of aromatic nitrogens is 3. The van der Waals surface area contributed by atoms with Crippen LogP contribution in [0.5, 0.6) is 5.75 Å². The van der Waals surface area contributed by atoms with Crippen molar-refractivity contribution in [1.29, 1.82) is 5.26 Å². The lowest BCUT2D eigenvalue weighted by Crippen LogP contribution is -2.70. The van der Waals surface area contributed by atoms with Crippen molar-refractivity contribution in [3.8, 4) is 22.9 Å². The van der Waals surface area contributed by atoms with Gasteiger partial charge in [-0.3, -0.25) is 4.79 Å². The van der Waals surface area contributed by atoms with E-state index in [1.807, 2.05) is 47.6 Å². The number of piperazine rings is 1. The van der Waals surface area contributed by atoms with Crippen molar-refractivity contribution in [2.24, 2.45) is 0 Å². The number of hydrogen-bond acceptors (Lipinski definition) is 7. The van der Waals surface area contributed by atoms with E-state index >= 15 is 0 Å². The van der Waals surface area contributed by atoms with Crippen LogP contribution in [0.3, 0.4) is 0 Å². The van der Waals surface area contributed by atoms with E-state index in [1.54, 1.807) is 17.8 Å². The number of hydrogen-bond donors (Lipinski definition) is 0. The number of ether oxygens (including phenoxy) is 2. The molecule has 0 radical (unpaired) electrons. The fraction of sp³-hybridized carbons (Fsp3) is 0.290. The molecule has 0 saturated carbocycles. The van der Waals surface area contributed by atoms with Crippen molar-refractivity contribution in [3.05, 3.63) is 83.8 Å². The molecule has 3 fully saturated rings. The van der Waals surface area contributed by atoms with E-state index in [0.717, 1.165) is 59.7 Å². The van der Waals surface area contributed by atoms with Crippen LogP contribution in [-0.2, 0) is 4.74 Å². The van der Waals surface area contributed by atoms with Gasteiger partial charge in [0.1, 0.15) is 17.6 Å². The van der Waals surface area contributed by atoms with E-state index in [0.29, 0.717) is 24.3 Å². The minimum atomic E-state index is 0.0736. The first-order chi connectivity index (χ1) is 19.6. The van der Waals surface area contributed by atoms with Crippen molar-refractivity contribution in [2.75, 3.05) is 38.3 Å². The van der Waals surface area contributed by atoms with Gasteiger partial charge in [-0.1, -0.05) is 6.08 Å². The van der Waals surface area contributed by atoms with E-state index < -0.39 is 0 Å². The molecular formula is C31H28N6O3. The molecule has 1 aromatic carbocycles. The van der Waals surface area contributed by atoms with Crippen LogP contribution in [0, 0.1) is 11.3 Å². The van der Waals surface area contributed by atoms with E-state index in [4.69, 9.17) is 14.5 Å². The monoisotopic (exact) mass is 532 g/mol. The number of fused-ring (bicyclic) bond motifs is 3. The Morgan fingerprint density at radius 1 is 1.10 bits per heavy atom. The van der Waals surface area contributed by atoms with Crippen LogP contribution in [0.2, 0.25) is 0 Å². The summed E-state index contributed by atoms with van der Waals surface area (Å²) >= 11 is 0. The van der Waals surface area contributed by atoms with Gasteiger partial charge in [0.05, 0.1) is 49.7 Å². The number of rotatable bonds is 5. The van der Waals surface area contributed by atoms with Crippen molar-refractivity contribution in [1.82, 2.24) is 19.5 Å². The number of amides is 1. The second kappa shape index (κ2) is 9.81. The van der Waals surface area contributed by atoms with E-state index in [2.05, 4.69) is 34.3 Å². The van der Waals surface area contributed by atoms with Crippen LogP contribution in [-0.4, -0.2) is 70.9 Å². The van der Waals surface area contributed by atoms with E-state index in [-0.39, 0.29) is 18.0 Å². The van der Waals surface area contributed by atoms with Gasteiger partial charge < -0.3 is 19.3 Å². The van der Waals surface area contributed by atoms with Gasteiger partial charge >= 0.3 is 0 Å². The van der Waals surface area contributed by atoms with Gasteiger partial charge in [0.15, 0.2) is 0 Å². The predicted molar refractivity (Wildman–Crippen MR) is 150 cm³/mol. The van der Waals surface area contributed by atoms with Crippen LogP contribution in [0.4, 0.5) is 5.82 Å². The first-order valence-electron chi connectivity index (χ1n) is 13.5. The number of anilines is 1.